The molecule has 1 aliphatic rings. The summed E-state index contributed by atoms with van der Waals surface area (Å²) in [4.78, 5) is 4.94. The molecule has 33 heavy (non-hydrogen) atoms. The first-order valence-electron chi connectivity index (χ1n) is 11.8. The van der Waals surface area contributed by atoms with Crippen LogP contribution in [-0.2, 0) is 12.0 Å². The number of halogens is 2. The molecule has 4 rings (SSSR count). The molecule has 0 bridgehead atoms. The Labute approximate surface area is 208 Å². The molecule has 2 aromatic carbocycles. The van der Waals surface area contributed by atoms with Crippen molar-refractivity contribution in [2.24, 2.45) is 0 Å². The van der Waals surface area contributed by atoms with Crippen LogP contribution in [0.1, 0.15) is 38.4 Å². The number of hydrogen-bond acceptors (Lipinski definition) is 3. The lowest BCUT2D eigenvalue weighted by Gasteiger charge is -2.36. The standard InChI is InChI=1S/C27H34Cl2N4/c1-20-7-9-21(10-8-20)26-18-22(30-33(26)27(2,3)4)6-5-13-31-14-16-32(17-15-31)23-11-12-24(28)25(29)19-23/h7-12,18-19H,5-6,13-17H2,1-4H3. The van der Waals surface area contributed by atoms with Crippen LogP contribution in [-0.4, -0.2) is 47.4 Å². The molecule has 0 N–H and O–H groups in total. The van der Waals surface area contributed by atoms with Crippen LogP contribution in [0.3, 0.4) is 0 Å². The molecule has 0 saturated carbocycles. The van der Waals surface area contributed by atoms with Gasteiger partial charge in [0.2, 0.25) is 0 Å². The van der Waals surface area contributed by atoms with Gasteiger partial charge in [-0.25, -0.2) is 0 Å². The molecule has 0 unspecified atom stereocenters. The molecule has 2 heterocycles. The second-order valence-electron chi connectivity index (χ2n) is 10.0. The second kappa shape index (κ2) is 10.1. The fraction of sp³-hybridized carbons (Fsp3) is 0.444. The van der Waals surface area contributed by atoms with E-state index in [-0.39, 0.29) is 5.54 Å². The molecule has 1 aromatic heterocycles. The molecular formula is C27H34Cl2N4. The van der Waals surface area contributed by atoms with Crippen molar-refractivity contribution < 1.29 is 0 Å². The second-order valence-corrected chi connectivity index (χ2v) is 10.8. The normalized spacial score (nSPS) is 15.3. The van der Waals surface area contributed by atoms with Crippen molar-refractivity contribution in [2.75, 3.05) is 37.6 Å². The SMILES string of the molecule is Cc1ccc(-c2cc(CCCN3CCN(c4ccc(Cl)c(Cl)c4)CC3)nn2C(C)(C)C)cc1. The molecule has 1 fully saturated rings. The van der Waals surface area contributed by atoms with Crippen LogP contribution in [0.15, 0.2) is 48.5 Å². The van der Waals surface area contributed by atoms with E-state index in [9.17, 15) is 0 Å². The van der Waals surface area contributed by atoms with E-state index in [2.05, 4.69) is 78.6 Å². The molecular weight excluding hydrogens is 451 g/mol. The molecule has 1 saturated heterocycles. The summed E-state index contributed by atoms with van der Waals surface area (Å²) in [5, 5.41) is 6.23. The van der Waals surface area contributed by atoms with Gasteiger partial charge in [-0.15, -0.1) is 0 Å². The fourth-order valence-corrected chi connectivity index (χ4v) is 4.68. The van der Waals surface area contributed by atoms with E-state index < -0.39 is 0 Å². The van der Waals surface area contributed by atoms with Gasteiger partial charge in [0.15, 0.2) is 0 Å². The van der Waals surface area contributed by atoms with Crippen LogP contribution < -0.4 is 4.90 Å². The van der Waals surface area contributed by atoms with Crippen molar-refractivity contribution in [3.05, 3.63) is 69.8 Å². The molecule has 0 aliphatic carbocycles. The predicted octanol–water partition coefficient (Wildman–Crippen LogP) is 6.68. The zero-order valence-electron chi connectivity index (χ0n) is 20.1. The van der Waals surface area contributed by atoms with Gasteiger partial charge in [0.25, 0.3) is 0 Å². The van der Waals surface area contributed by atoms with Gasteiger partial charge in [-0.2, -0.15) is 5.10 Å². The quantitative estimate of drug-likeness (QED) is 0.390. The van der Waals surface area contributed by atoms with Gasteiger partial charge in [0, 0.05) is 31.9 Å². The maximum Gasteiger partial charge on any atom is 0.0691 e. The summed E-state index contributed by atoms with van der Waals surface area (Å²) >= 11 is 12.3. The average Bonchev–Trinajstić information content (AvgIpc) is 3.22. The van der Waals surface area contributed by atoms with Gasteiger partial charge in [-0.1, -0.05) is 53.0 Å². The lowest BCUT2D eigenvalue weighted by atomic mass is 10.1. The highest BCUT2D eigenvalue weighted by Crippen LogP contribution is 2.29. The van der Waals surface area contributed by atoms with Crippen LogP contribution in [0.4, 0.5) is 5.69 Å². The van der Waals surface area contributed by atoms with E-state index in [1.165, 1.54) is 22.5 Å². The van der Waals surface area contributed by atoms with E-state index in [1.807, 2.05) is 12.1 Å². The average molecular weight is 486 g/mol. The first-order valence-corrected chi connectivity index (χ1v) is 12.5. The van der Waals surface area contributed by atoms with Crippen LogP contribution in [0.5, 0.6) is 0 Å². The lowest BCUT2D eigenvalue weighted by Crippen LogP contribution is -2.46. The number of anilines is 1. The molecule has 1 aliphatic heterocycles. The van der Waals surface area contributed by atoms with Crippen molar-refractivity contribution in [3.63, 3.8) is 0 Å². The molecule has 0 spiro atoms. The van der Waals surface area contributed by atoms with E-state index in [4.69, 9.17) is 28.3 Å². The molecule has 0 radical (unpaired) electrons. The Balaban J connectivity index is 1.33. The summed E-state index contributed by atoms with van der Waals surface area (Å²) in [7, 11) is 0. The maximum atomic E-state index is 6.20. The summed E-state index contributed by atoms with van der Waals surface area (Å²) in [6.07, 6.45) is 2.11. The zero-order valence-corrected chi connectivity index (χ0v) is 21.6. The highest BCUT2D eigenvalue weighted by Gasteiger charge is 2.21. The van der Waals surface area contributed by atoms with Crippen molar-refractivity contribution in [3.8, 4) is 11.3 Å². The first-order chi connectivity index (χ1) is 15.7. The Morgan fingerprint density at radius 2 is 1.58 bits per heavy atom. The molecule has 4 nitrogen and oxygen atoms in total. The van der Waals surface area contributed by atoms with Gasteiger partial charge in [-0.3, -0.25) is 9.58 Å². The smallest absolute Gasteiger partial charge is 0.0691 e. The number of piperazine rings is 1. The van der Waals surface area contributed by atoms with Gasteiger partial charge < -0.3 is 4.90 Å². The molecule has 0 atom stereocenters. The van der Waals surface area contributed by atoms with Gasteiger partial charge in [0.1, 0.15) is 0 Å². The van der Waals surface area contributed by atoms with E-state index in [0.717, 1.165) is 51.3 Å². The molecule has 176 valence electrons. The van der Waals surface area contributed by atoms with Crippen molar-refractivity contribution in [2.45, 2.75) is 46.1 Å². The van der Waals surface area contributed by atoms with Crippen LogP contribution in [0, 0.1) is 6.92 Å². The van der Waals surface area contributed by atoms with Crippen LogP contribution in [0.25, 0.3) is 11.3 Å². The number of nitrogens with zero attached hydrogens (tertiary/aromatic N) is 4. The number of aryl methyl sites for hydroxylation is 2. The summed E-state index contributed by atoms with van der Waals surface area (Å²) in [5.41, 5.74) is 5.98. The van der Waals surface area contributed by atoms with Crippen LogP contribution in [0.2, 0.25) is 10.0 Å². The monoisotopic (exact) mass is 484 g/mol. The minimum Gasteiger partial charge on any atom is -0.369 e. The Morgan fingerprint density at radius 3 is 2.21 bits per heavy atom. The Morgan fingerprint density at radius 1 is 0.879 bits per heavy atom. The fourth-order valence-electron chi connectivity index (χ4n) is 4.39. The van der Waals surface area contributed by atoms with E-state index in [0.29, 0.717) is 10.0 Å². The third kappa shape index (κ3) is 5.92. The molecule has 6 heteroatoms. The number of rotatable bonds is 6. The predicted molar refractivity (Wildman–Crippen MR) is 141 cm³/mol. The maximum absolute atomic E-state index is 6.20. The topological polar surface area (TPSA) is 24.3 Å². The van der Waals surface area contributed by atoms with E-state index in [1.54, 1.807) is 0 Å². The minimum atomic E-state index is -0.0562. The molecule has 0 amide bonds. The Bertz CT molecular complexity index is 1070. The van der Waals surface area contributed by atoms with Crippen LogP contribution >= 0.6 is 23.2 Å². The van der Waals surface area contributed by atoms with Gasteiger partial charge >= 0.3 is 0 Å². The van der Waals surface area contributed by atoms with Gasteiger partial charge in [0.05, 0.1) is 27.0 Å². The number of benzene rings is 2. The van der Waals surface area contributed by atoms with Crippen molar-refractivity contribution >= 4 is 28.9 Å². The summed E-state index contributed by atoms with van der Waals surface area (Å²) in [5.74, 6) is 0. The third-order valence-corrected chi connectivity index (χ3v) is 7.03. The third-order valence-electron chi connectivity index (χ3n) is 6.29. The first kappa shape index (κ1) is 24.1. The summed E-state index contributed by atoms with van der Waals surface area (Å²) in [6, 6.07) is 16.9. The van der Waals surface area contributed by atoms with E-state index >= 15 is 0 Å². The van der Waals surface area contributed by atoms with Crippen molar-refractivity contribution in [1.82, 2.24) is 14.7 Å². The number of aromatic nitrogens is 2. The Kier molecular flexibility index (Phi) is 7.37. The summed E-state index contributed by atoms with van der Waals surface area (Å²) in [6.45, 7) is 14.0. The number of hydrogen-bond donors (Lipinski definition) is 0. The minimum absolute atomic E-state index is 0.0562. The van der Waals surface area contributed by atoms with Crippen molar-refractivity contribution in [1.29, 1.82) is 0 Å². The lowest BCUT2D eigenvalue weighted by molar-refractivity contribution is 0.254. The zero-order chi connectivity index (χ0) is 23.6. The largest absolute Gasteiger partial charge is 0.369 e. The Hall–Kier alpha value is -2.01. The van der Waals surface area contributed by atoms with Gasteiger partial charge in [-0.05, 0) is 76.9 Å². The molecule has 3 aromatic rings. The summed E-state index contributed by atoms with van der Waals surface area (Å²) < 4.78 is 2.18. The highest BCUT2D eigenvalue weighted by molar-refractivity contribution is 6.42. The highest BCUT2D eigenvalue weighted by atomic mass is 35.5.